The van der Waals surface area contributed by atoms with E-state index in [1.807, 2.05) is 0 Å². The van der Waals surface area contributed by atoms with E-state index in [0.717, 1.165) is 34.3 Å². The molecule has 3 aliphatic carbocycles. The Morgan fingerprint density at radius 3 is 1.63 bits per heavy atom. The van der Waals surface area contributed by atoms with Gasteiger partial charge in [0.25, 0.3) is 0 Å². The standard InChI is InChI=1S/C71H54O2/c1-69(2)55-33-34-63-66(49-21-13-15-23-61(49)72-63)65(55)54-40-58-53(39-59(54)69)47-31-25-41(36-56(47)70(58,3)4)35-51(45-28-26-43(27-29-45)42-17-9-7-10-18-42)46-30-32-48-57(37-46)71(5,6)60-38-52(44-19-11-8-12-20-44)68-67(64(48)60)50-22-14-16-24-62(50)73-68/h7-34,36-40,51H,35H2,1-6H3. The van der Waals surface area contributed by atoms with E-state index in [0.29, 0.717) is 0 Å². The molecule has 1 atom stereocenters. The highest BCUT2D eigenvalue weighted by atomic mass is 16.3. The summed E-state index contributed by atoms with van der Waals surface area (Å²) >= 11 is 0. The Bertz CT molecular complexity index is 4290. The predicted octanol–water partition coefficient (Wildman–Crippen LogP) is 19.1. The van der Waals surface area contributed by atoms with E-state index in [-0.39, 0.29) is 22.2 Å². The monoisotopic (exact) mass is 938 g/mol. The highest BCUT2D eigenvalue weighted by molar-refractivity contribution is 6.19. The van der Waals surface area contributed by atoms with Crippen LogP contribution in [0.3, 0.4) is 0 Å². The molecule has 3 aliphatic rings. The van der Waals surface area contributed by atoms with Crippen molar-refractivity contribution in [3.05, 3.63) is 250 Å². The lowest BCUT2D eigenvalue weighted by atomic mass is 9.78. The summed E-state index contributed by atoms with van der Waals surface area (Å²) in [4.78, 5) is 0. The fourth-order valence-corrected chi connectivity index (χ4v) is 13.8. The quantitative estimate of drug-likeness (QED) is 0.166. The van der Waals surface area contributed by atoms with Gasteiger partial charge in [0.2, 0.25) is 0 Å². The van der Waals surface area contributed by atoms with Crippen LogP contribution in [0.25, 0.3) is 99.5 Å². The zero-order valence-corrected chi connectivity index (χ0v) is 42.2. The molecule has 0 saturated heterocycles. The first-order valence-corrected chi connectivity index (χ1v) is 26.1. The minimum atomic E-state index is -0.256. The summed E-state index contributed by atoms with van der Waals surface area (Å²) in [5, 5.41) is 4.80. The molecule has 2 heteroatoms. The first-order chi connectivity index (χ1) is 35.4. The van der Waals surface area contributed by atoms with E-state index in [9.17, 15) is 0 Å². The van der Waals surface area contributed by atoms with Gasteiger partial charge in [0, 0.05) is 49.3 Å². The first-order valence-electron chi connectivity index (χ1n) is 26.1. The molecule has 0 radical (unpaired) electrons. The molecule has 2 aromatic heterocycles. The Balaban J connectivity index is 0.858. The van der Waals surface area contributed by atoms with Crippen molar-refractivity contribution in [2.24, 2.45) is 0 Å². The van der Waals surface area contributed by atoms with Crippen LogP contribution in [-0.2, 0) is 22.7 Å². The molecule has 0 N–H and O–H groups in total. The first kappa shape index (κ1) is 42.5. The molecule has 73 heavy (non-hydrogen) atoms. The van der Waals surface area contributed by atoms with Gasteiger partial charge in [-0.05, 0) is 143 Å². The highest BCUT2D eigenvalue weighted by Crippen LogP contribution is 2.59. The van der Waals surface area contributed by atoms with Crippen molar-refractivity contribution in [3.8, 4) is 55.6 Å². The lowest BCUT2D eigenvalue weighted by Gasteiger charge is -2.26. The molecule has 0 fully saturated rings. The summed E-state index contributed by atoms with van der Waals surface area (Å²) in [5.41, 5.74) is 28.2. The van der Waals surface area contributed by atoms with Gasteiger partial charge < -0.3 is 8.83 Å². The van der Waals surface area contributed by atoms with E-state index in [1.54, 1.807) is 0 Å². The largest absolute Gasteiger partial charge is 0.456 e. The molecule has 0 bridgehead atoms. The van der Waals surface area contributed by atoms with Crippen LogP contribution in [0.15, 0.2) is 209 Å². The van der Waals surface area contributed by atoms with Crippen molar-refractivity contribution in [2.45, 2.75) is 70.1 Å². The molecular weight excluding hydrogens is 885 g/mol. The van der Waals surface area contributed by atoms with Crippen LogP contribution in [0.5, 0.6) is 0 Å². The van der Waals surface area contributed by atoms with Crippen molar-refractivity contribution in [1.29, 1.82) is 0 Å². The van der Waals surface area contributed by atoms with Gasteiger partial charge in [-0.25, -0.2) is 0 Å². The maximum Gasteiger partial charge on any atom is 0.143 e. The zero-order chi connectivity index (χ0) is 49.1. The number of furan rings is 2. The molecule has 10 aromatic carbocycles. The van der Waals surface area contributed by atoms with Crippen molar-refractivity contribution < 1.29 is 8.83 Å². The molecule has 2 heterocycles. The van der Waals surface area contributed by atoms with Crippen LogP contribution in [-0.4, -0.2) is 0 Å². The number of benzene rings is 10. The van der Waals surface area contributed by atoms with E-state index in [1.165, 1.54) is 122 Å². The molecular formula is C71H54O2. The van der Waals surface area contributed by atoms with Gasteiger partial charge in [-0.3, -0.25) is 0 Å². The number of hydrogen-bond donors (Lipinski definition) is 0. The number of hydrogen-bond acceptors (Lipinski definition) is 2. The molecule has 2 nitrogen and oxygen atoms in total. The topological polar surface area (TPSA) is 26.3 Å². The van der Waals surface area contributed by atoms with Gasteiger partial charge in [-0.2, -0.15) is 0 Å². The van der Waals surface area contributed by atoms with Crippen molar-refractivity contribution in [3.63, 3.8) is 0 Å². The third-order valence-electron chi connectivity index (χ3n) is 17.7. The molecule has 12 aromatic rings. The Morgan fingerprint density at radius 2 is 0.877 bits per heavy atom. The molecule has 0 saturated carbocycles. The summed E-state index contributed by atoms with van der Waals surface area (Å²) in [7, 11) is 0. The van der Waals surface area contributed by atoms with Gasteiger partial charge in [-0.1, -0.05) is 205 Å². The van der Waals surface area contributed by atoms with Crippen LogP contribution in [0.4, 0.5) is 0 Å². The fourth-order valence-electron chi connectivity index (χ4n) is 13.8. The third kappa shape index (κ3) is 5.92. The summed E-state index contributed by atoms with van der Waals surface area (Å²) < 4.78 is 13.3. The lowest BCUT2D eigenvalue weighted by molar-refractivity contribution is 0.649. The maximum absolute atomic E-state index is 6.81. The van der Waals surface area contributed by atoms with Crippen molar-refractivity contribution in [2.75, 3.05) is 0 Å². The van der Waals surface area contributed by atoms with Crippen LogP contribution in [0, 0.1) is 0 Å². The molecule has 350 valence electrons. The van der Waals surface area contributed by atoms with E-state index in [2.05, 4.69) is 242 Å². The van der Waals surface area contributed by atoms with Crippen LogP contribution in [0.2, 0.25) is 0 Å². The lowest BCUT2D eigenvalue weighted by Crippen LogP contribution is -2.17. The summed E-state index contributed by atoms with van der Waals surface area (Å²) in [6, 6.07) is 74.8. The van der Waals surface area contributed by atoms with Crippen molar-refractivity contribution >= 4 is 43.9 Å². The SMILES string of the molecule is CC1(C)c2cc(CC(c3ccc(-c4ccccc4)cc3)c3ccc4c(c3)C(C)(C)c3cc(-c5ccccc5)c5oc6ccccc6c5c3-4)ccc2-c2cc3c(cc21)-c1c(ccc2oc4ccccc4c12)C3(C)C. The highest BCUT2D eigenvalue weighted by Gasteiger charge is 2.44. The van der Waals surface area contributed by atoms with Gasteiger partial charge in [0.1, 0.15) is 22.3 Å². The van der Waals surface area contributed by atoms with Gasteiger partial charge in [0.15, 0.2) is 0 Å². The van der Waals surface area contributed by atoms with Gasteiger partial charge >= 0.3 is 0 Å². The number of fused-ring (bicyclic) bond motifs is 17. The Labute approximate surface area is 426 Å². The Morgan fingerprint density at radius 1 is 0.342 bits per heavy atom. The zero-order valence-electron chi connectivity index (χ0n) is 42.2. The van der Waals surface area contributed by atoms with E-state index in [4.69, 9.17) is 8.83 Å². The van der Waals surface area contributed by atoms with Crippen molar-refractivity contribution in [1.82, 2.24) is 0 Å². The average molecular weight is 939 g/mol. The summed E-state index contributed by atoms with van der Waals surface area (Å²) in [6.07, 6.45) is 0.869. The van der Waals surface area contributed by atoms with Gasteiger partial charge in [0.05, 0.1) is 0 Å². The Hall–Kier alpha value is -8.20. The number of rotatable bonds is 6. The number of para-hydroxylation sites is 2. The second-order valence-corrected chi connectivity index (χ2v) is 22.7. The summed E-state index contributed by atoms with van der Waals surface area (Å²) in [6.45, 7) is 14.5. The van der Waals surface area contributed by atoms with Crippen LogP contribution in [0.1, 0.15) is 97.5 Å². The van der Waals surface area contributed by atoms with Crippen LogP contribution < -0.4 is 0 Å². The van der Waals surface area contributed by atoms with E-state index >= 15 is 0 Å². The maximum atomic E-state index is 6.81. The third-order valence-corrected chi connectivity index (χ3v) is 17.7. The Kier molecular flexibility index (Phi) is 8.69. The minimum absolute atomic E-state index is 0.113. The second kappa shape index (κ2) is 14.9. The predicted molar refractivity (Wildman–Crippen MR) is 303 cm³/mol. The van der Waals surface area contributed by atoms with Crippen LogP contribution >= 0.6 is 0 Å². The summed E-state index contributed by atoms with van der Waals surface area (Å²) in [5.74, 6) is 0.113. The molecule has 0 aliphatic heterocycles. The smallest absolute Gasteiger partial charge is 0.143 e. The van der Waals surface area contributed by atoms with E-state index < -0.39 is 0 Å². The average Bonchev–Trinajstić information content (AvgIpc) is 4.17. The minimum Gasteiger partial charge on any atom is -0.456 e. The molecule has 0 amide bonds. The molecule has 15 rings (SSSR count). The molecule has 0 spiro atoms. The second-order valence-electron chi connectivity index (χ2n) is 22.7. The molecule has 1 unspecified atom stereocenters. The van der Waals surface area contributed by atoms with Gasteiger partial charge in [-0.15, -0.1) is 0 Å². The fraction of sp³-hybridized carbons (Fsp3) is 0.155. The normalized spacial score (nSPS) is 15.6.